The van der Waals surface area contributed by atoms with E-state index in [1.54, 1.807) is 12.1 Å². The average Bonchev–Trinajstić information content (AvgIpc) is 3.14. The van der Waals surface area contributed by atoms with E-state index in [4.69, 9.17) is 9.98 Å². The minimum Gasteiger partial charge on any atom is -0.323 e. The Hall–Kier alpha value is -2.65. The average molecular weight is 461 g/mol. The van der Waals surface area contributed by atoms with Gasteiger partial charge in [-0.3, -0.25) is 9.79 Å². The molecule has 168 valence electrons. The number of nitrogens with zero attached hydrogens (tertiary/aromatic N) is 3. The van der Waals surface area contributed by atoms with E-state index < -0.39 is 23.2 Å². The van der Waals surface area contributed by atoms with Crippen molar-refractivity contribution in [2.45, 2.75) is 25.4 Å². The number of hydrogen-bond acceptors (Lipinski definition) is 5. The van der Waals surface area contributed by atoms with Crippen molar-refractivity contribution < 1.29 is 18.0 Å². The lowest BCUT2D eigenvalue weighted by Gasteiger charge is -2.34. The Morgan fingerprint density at radius 3 is 2.44 bits per heavy atom. The molecule has 5 nitrogen and oxygen atoms in total. The van der Waals surface area contributed by atoms with E-state index in [-0.39, 0.29) is 17.3 Å². The van der Waals surface area contributed by atoms with Crippen LogP contribution in [0.3, 0.4) is 0 Å². The highest BCUT2D eigenvalue weighted by Crippen LogP contribution is 2.35. The second kappa shape index (κ2) is 9.46. The summed E-state index contributed by atoms with van der Waals surface area (Å²) in [6.07, 6.45) is 1.52. The van der Waals surface area contributed by atoms with Gasteiger partial charge in [-0.2, -0.15) is 0 Å². The summed E-state index contributed by atoms with van der Waals surface area (Å²) >= 11 is 1.19. The summed E-state index contributed by atoms with van der Waals surface area (Å²) in [6.45, 7) is 4.83. The first-order chi connectivity index (χ1) is 15.4. The molecular formula is C23H23F3N4OS. The van der Waals surface area contributed by atoms with Gasteiger partial charge in [0, 0.05) is 37.6 Å². The van der Waals surface area contributed by atoms with Crippen LogP contribution in [0.2, 0.25) is 0 Å². The van der Waals surface area contributed by atoms with Crippen molar-refractivity contribution >= 4 is 34.1 Å². The van der Waals surface area contributed by atoms with Crippen LogP contribution in [-0.2, 0) is 4.79 Å². The molecule has 2 aromatic carbocycles. The van der Waals surface area contributed by atoms with Crippen molar-refractivity contribution in [2.75, 3.05) is 30.7 Å². The number of thioether (sulfide) groups is 1. The first kappa shape index (κ1) is 22.5. The number of rotatable bonds is 5. The van der Waals surface area contributed by atoms with Gasteiger partial charge in [0.25, 0.3) is 0 Å². The van der Waals surface area contributed by atoms with Crippen LogP contribution in [0.1, 0.15) is 25.3 Å². The normalized spacial score (nSPS) is 17.9. The lowest BCUT2D eigenvalue weighted by atomic mass is 9.98. The van der Waals surface area contributed by atoms with Crippen molar-refractivity contribution in [3.63, 3.8) is 0 Å². The SMILES string of the molecule is CCN1CCC2(CC1)N=C(SCC(=O)Nc1cc(F)ccc1F)C(c1ccc(F)cc1)=N2. The largest absolute Gasteiger partial charge is 0.323 e. The summed E-state index contributed by atoms with van der Waals surface area (Å²) in [5.74, 6) is -2.23. The number of carbonyl (C=O) groups is 1. The molecule has 0 radical (unpaired) electrons. The molecule has 0 aromatic heterocycles. The number of likely N-dealkylation sites (tertiary alicyclic amines) is 1. The topological polar surface area (TPSA) is 57.1 Å². The molecule has 2 heterocycles. The number of piperidine rings is 1. The number of carbonyl (C=O) groups excluding carboxylic acids is 1. The Morgan fingerprint density at radius 2 is 1.75 bits per heavy atom. The third-order valence-corrected chi connectivity index (χ3v) is 6.56. The van der Waals surface area contributed by atoms with Crippen molar-refractivity contribution in [3.05, 3.63) is 65.5 Å². The summed E-state index contributed by atoms with van der Waals surface area (Å²) in [5, 5.41) is 2.99. The van der Waals surface area contributed by atoms with E-state index in [9.17, 15) is 18.0 Å². The highest BCUT2D eigenvalue weighted by molar-refractivity contribution is 8.16. The van der Waals surface area contributed by atoms with E-state index in [0.717, 1.165) is 56.2 Å². The standard InChI is InChI=1S/C23H23F3N4OS/c1-2-30-11-9-23(10-12-30)28-21(15-3-5-16(24)6-4-15)22(29-23)32-14-20(31)27-19-13-17(25)7-8-18(19)26/h3-8,13H,2,9-12,14H2,1H3,(H,27,31). The van der Waals surface area contributed by atoms with Gasteiger partial charge in [-0.25, -0.2) is 18.2 Å². The van der Waals surface area contributed by atoms with Gasteiger partial charge >= 0.3 is 0 Å². The van der Waals surface area contributed by atoms with Crippen molar-refractivity contribution in [3.8, 4) is 0 Å². The molecule has 2 aliphatic heterocycles. The van der Waals surface area contributed by atoms with Gasteiger partial charge in [0.15, 0.2) is 5.66 Å². The lowest BCUT2D eigenvalue weighted by molar-refractivity contribution is -0.113. The van der Waals surface area contributed by atoms with E-state index in [0.29, 0.717) is 10.8 Å². The molecule has 1 N–H and O–H groups in total. The smallest absolute Gasteiger partial charge is 0.234 e. The second-order valence-corrected chi connectivity index (χ2v) is 8.73. The Morgan fingerprint density at radius 1 is 1.06 bits per heavy atom. The Kier molecular flexibility index (Phi) is 6.66. The minimum atomic E-state index is -0.710. The summed E-state index contributed by atoms with van der Waals surface area (Å²) in [6, 6.07) is 8.91. The van der Waals surface area contributed by atoms with Crippen LogP contribution in [0.15, 0.2) is 52.4 Å². The fourth-order valence-electron chi connectivity index (χ4n) is 3.78. The first-order valence-corrected chi connectivity index (χ1v) is 11.4. The number of aliphatic imine (C=N–C) groups is 2. The summed E-state index contributed by atoms with van der Waals surface area (Å²) in [5.41, 5.74) is 0.566. The van der Waals surface area contributed by atoms with Gasteiger partial charge in [-0.15, -0.1) is 0 Å². The summed E-state index contributed by atoms with van der Waals surface area (Å²) < 4.78 is 40.6. The molecule has 1 fully saturated rings. The van der Waals surface area contributed by atoms with Crippen LogP contribution in [-0.4, -0.2) is 52.6 Å². The maximum Gasteiger partial charge on any atom is 0.234 e. The highest BCUT2D eigenvalue weighted by Gasteiger charge is 2.39. The van der Waals surface area contributed by atoms with Crippen LogP contribution in [0, 0.1) is 17.5 Å². The Bertz CT molecular complexity index is 1060. The molecule has 0 bridgehead atoms. The van der Waals surface area contributed by atoms with Crippen LogP contribution in [0.4, 0.5) is 18.9 Å². The maximum absolute atomic E-state index is 13.8. The molecule has 0 unspecified atom stereocenters. The molecule has 1 spiro atoms. The van der Waals surface area contributed by atoms with Gasteiger partial charge < -0.3 is 10.2 Å². The van der Waals surface area contributed by atoms with E-state index in [1.165, 1.54) is 23.9 Å². The summed E-state index contributed by atoms with van der Waals surface area (Å²) in [7, 11) is 0. The number of anilines is 1. The van der Waals surface area contributed by atoms with Crippen molar-refractivity contribution in [1.82, 2.24) is 4.90 Å². The molecule has 2 aliphatic rings. The first-order valence-electron chi connectivity index (χ1n) is 10.4. The van der Waals surface area contributed by atoms with Gasteiger partial charge in [0.2, 0.25) is 5.91 Å². The van der Waals surface area contributed by atoms with Gasteiger partial charge in [-0.1, -0.05) is 18.7 Å². The predicted molar refractivity (Wildman–Crippen MR) is 122 cm³/mol. The Labute approximate surface area is 188 Å². The van der Waals surface area contributed by atoms with Gasteiger partial charge in [-0.05, 0) is 42.9 Å². The minimum absolute atomic E-state index is 0.0494. The van der Waals surface area contributed by atoms with Gasteiger partial charge in [0.05, 0.1) is 17.2 Å². The lowest BCUT2D eigenvalue weighted by Crippen LogP contribution is -2.41. The molecule has 2 aromatic rings. The quantitative estimate of drug-likeness (QED) is 0.716. The number of hydrogen-bond donors (Lipinski definition) is 1. The molecule has 1 amide bonds. The van der Waals surface area contributed by atoms with Crippen LogP contribution < -0.4 is 5.32 Å². The third kappa shape index (κ3) is 5.05. The zero-order valence-electron chi connectivity index (χ0n) is 17.6. The van der Waals surface area contributed by atoms with Crippen LogP contribution in [0.5, 0.6) is 0 Å². The molecule has 9 heteroatoms. The molecule has 4 rings (SSSR count). The zero-order valence-corrected chi connectivity index (χ0v) is 18.4. The second-order valence-electron chi connectivity index (χ2n) is 7.76. The number of nitrogens with one attached hydrogen (secondary N) is 1. The van der Waals surface area contributed by atoms with Crippen molar-refractivity contribution in [1.29, 1.82) is 0 Å². The van der Waals surface area contributed by atoms with Crippen LogP contribution >= 0.6 is 11.8 Å². The zero-order chi connectivity index (χ0) is 22.7. The maximum atomic E-state index is 13.8. The fraction of sp³-hybridized carbons (Fsp3) is 0.348. The van der Waals surface area contributed by atoms with E-state index in [2.05, 4.69) is 17.1 Å². The molecular weight excluding hydrogens is 437 g/mol. The number of halogens is 3. The number of benzene rings is 2. The molecule has 0 saturated carbocycles. The monoisotopic (exact) mass is 460 g/mol. The fourth-order valence-corrected chi connectivity index (χ4v) is 4.66. The Balaban J connectivity index is 1.51. The number of amides is 1. The van der Waals surface area contributed by atoms with Crippen molar-refractivity contribution in [2.24, 2.45) is 9.98 Å². The molecule has 32 heavy (non-hydrogen) atoms. The predicted octanol–water partition coefficient (Wildman–Crippen LogP) is 4.49. The van der Waals surface area contributed by atoms with Gasteiger partial charge in [0.1, 0.15) is 22.5 Å². The van der Waals surface area contributed by atoms with E-state index in [1.807, 2.05) is 0 Å². The molecule has 0 atom stereocenters. The van der Waals surface area contributed by atoms with Crippen LogP contribution in [0.25, 0.3) is 0 Å². The molecule has 0 aliphatic carbocycles. The highest BCUT2D eigenvalue weighted by atomic mass is 32.2. The summed E-state index contributed by atoms with van der Waals surface area (Å²) in [4.78, 5) is 24.5. The van der Waals surface area contributed by atoms with E-state index >= 15 is 0 Å². The third-order valence-electron chi connectivity index (χ3n) is 5.60. The molecule has 1 saturated heterocycles.